The molecule has 0 bridgehead atoms. The van der Waals surface area contributed by atoms with Gasteiger partial charge in [-0.25, -0.2) is 17.4 Å². The molecule has 5 rings (SSSR count). The summed E-state index contributed by atoms with van der Waals surface area (Å²) in [6.45, 7) is 3.61. The van der Waals surface area contributed by atoms with Gasteiger partial charge in [-0.3, -0.25) is 0 Å². The standard InChI is InChI=1S/C25H23N3O3S/c1-17-8-11-19(12-9-17)32(30,31)28-22-7-5-4-6-20(22)21-13-10-18(14-23(21)28)25(2,29)24-15-26-16-27(24)3/h4-16,29H,1-3H3. The van der Waals surface area contributed by atoms with Crippen LogP contribution in [0.2, 0.25) is 0 Å². The average Bonchev–Trinajstić information content (AvgIpc) is 3.35. The van der Waals surface area contributed by atoms with E-state index in [1.807, 2.05) is 44.3 Å². The van der Waals surface area contributed by atoms with E-state index >= 15 is 0 Å². The number of aliphatic hydroxyl groups is 1. The fourth-order valence-corrected chi connectivity index (χ4v) is 5.81. The van der Waals surface area contributed by atoms with Gasteiger partial charge >= 0.3 is 0 Å². The first kappa shape index (κ1) is 20.5. The maximum absolute atomic E-state index is 13.8. The zero-order chi connectivity index (χ0) is 22.7. The van der Waals surface area contributed by atoms with Gasteiger partial charge in [-0.1, -0.05) is 48.0 Å². The van der Waals surface area contributed by atoms with E-state index < -0.39 is 15.6 Å². The van der Waals surface area contributed by atoms with Crippen molar-refractivity contribution in [3.8, 4) is 0 Å². The number of imidazole rings is 1. The molecular weight excluding hydrogens is 422 g/mol. The van der Waals surface area contributed by atoms with Crippen molar-refractivity contribution < 1.29 is 13.5 Å². The molecule has 0 spiro atoms. The smallest absolute Gasteiger partial charge is 0.268 e. The van der Waals surface area contributed by atoms with Gasteiger partial charge in [0.1, 0.15) is 5.60 Å². The molecule has 2 aromatic heterocycles. The van der Waals surface area contributed by atoms with E-state index in [0.29, 0.717) is 22.3 Å². The van der Waals surface area contributed by atoms with Crippen LogP contribution in [0.1, 0.15) is 23.7 Å². The van der Waals surface area contributed by atoms with Crippen LogP contribution in [-0.2, 0) is 22.7 Å². The summed E-state index contributed by atoms with van der Waals surface area (Å²) in [7, 11) is -2.06. The summed E-state index contributed by atoms with van der Waals surface area (Å²) in [5, 5.41) is 13.0. The lowest BCUT2D eigenvalue weighted by atomic mass is 9.92. The zero-order valence-corrected chi connectivity index (χ0v) is 18.8. The van der Waals surface area contributed by atoms with E-state index in [-0.39, 0.29) is 4.90 Å². The molecule has 1 unspecified atom stereocenters. The Kier molecular flexibility index (Phi) is 4.51. The first-order valence-corrected chi connectivity index (χ1v) is 11.7. The van der Waals surface area contributed by atoms with Gasteiger partial charge in [0.05, 0.1) is 34.1 Å². The van der Waals surface area contributed by atoms with E-state index in [1.54, 1.807) is 60.4 Å². The van der Waals surface area contributed by atoms with Crippen LogP contribution in [0.15, 0.2) is 84.1 Å². The molecule has 2 heterocycles. The van der Waals surface area contributed by atoms with E-state index in [0.717, 1.165) is 16.3 Å². The van der Waals surface area contributed by atoms with Gasteiger partial charge in [-0.15, -0.1) is 0 Å². The molecule has 5 aromatic rings. The predicted molar refractivity (Wildman–Crippen MR) is 125 cm³/mol. The molecule has 162 valence electrons. The Morgan fingerprint density at radius 1 is 0.938 bits per heavy atom. The number of benzene rings is 3. The molecule has 3 aromatic carbocycles. The van der Waals surface area contributed by atoms with Gasteiger partial charge in [0, 0.05) is 17.8 Å². The van der Waals surface area contributed by atoms with Crippen molar-refractivity contribution in [3.63, 3.8) is 0 Å². The Hall–Kier alpha value is -3.42. The number of nitrogens with zero attached hydrogens (tertiary/aromatic N) is 3. The van der Waals surface area contributed by atoms with Crippen molar-refractivity contribution in [1.29, 1.82) is 0 Å². The van der Waals surface area contributed by atoms with E-state index in [2.05, 4.69) is 4.98 Å². The number of rotatable bonds is 4. The second kappa shape index (κ2) is 7.05. The fraction of sp³-hybridized carbons (Fsp3) is 0.160. The quantitative estimate of drug-likeness (QED) is 0.447. The highest BCUT2D eigenvalue weighted by atomic mass is 32.2. The summed E-state index contributed by atoms with van der Waals surface area (Å²) < 4.78 is 30.7. The average molecular weight is 446 g/mol. The molecule has 0 saturated heterocycles. The van der Waals surface area contributed by atoms with Crippen molar-refractivity contribution >= 4 is 31.8 Å². The first-order chi connectivity index (χ1) is 15.2. The van der Waals surface area contributed by atoms with Crippen LogP contribution in [0, 0.1) is 6.92 Å². The lowest BCUT2D eigenvalue weighted by Gasteiger charge is -2.24. The molecular formula is C25H23N3O3S. The molecule has 32 heavy (non-hydrogen) atoms. The van der Waals surface area contributed by atoms with E-state index in [1.165, 1.54) is 3.97 Å². The molecule has 1 atom stereocenters. The highest BCUT2D eigenvalue weighted by Crippen LogP contribution is 2.36. The lowest BCUT2D eigenvalue weighted by molar-refractivity contribution is 0.0943. The Balaban J connectivity index is 1.83. The van der Waals surface area contributed by atoms with Gasteiger partial charge in [-0.2, -0.15) is 0 Å². The van der Waals surface area contributed by atoms with Gasteiger partial charge in [0.2, 0.25) is 0 Å². The summed E-state index contributed by atoms with van der Waals surface area (Å²) in [6.07, 6.45) is 3.24. The molecule has 0 radical (unpaired) electrons. The Bertz CT molecular complexity index is 1580. The van der Waals surface area contributed by atoms with Crippen LogP contribution >= 0.6 is 0 Å². The minimum atomic E-state index is -3.87. The van der Waals surface area contributed by atoms with Gasteiger partial charge in [0.15, 0.2) is 0 Å². The Morgan fingerprint density at radius 3 is 2.31 bits per heavy atom. The van der Waals surface area contributed by atoms with Crippen LogP contribution in [-0.4, -0.2) is 27.0 Å². The Labute approximate surface area is 186 Å². The minimum Gasteiger partial charge on any atom is -0.379 e. The maximum Gasteiger partial charge on any atom is 0.268 e. The normalized spacial score (nSPS) is 14.1. The van der Waals surface area contributed by atoms with Crippen LogP contribution in [0.4, 0.5) is 0 Å². The maximum atomic E-state index is 13.8. The second-order valence-electron chi connectivity index (χ2n) is 8.29. The molecule has 0 amide bonds. The zero-order valence-electron chi connectivity index (χ0n) is 18.0. The van der Waals surface area contributed by atoms with Crippen LogP contribution < -0.4 is 0 Å². The van der Waals surface area contributed by atoms with Gasteiger partial charge in [-0.05, 0) is 43.7 Å². The van der Waals surface area contributed by atoms with Crippen molar-refractivity contribution in [3.05, 3.63) is 96.1 Å². The SMILES string of the molecule is Cc1ccc(S(=O)(=O)n2c3ccccc3c3ccc(C(C)(O)c4cncn4C)cc32)cc1. The number of hydrogen-bond acceptors (Lipinski definition) is 4. The highest BCUT2D eigenvalue weighted by molar-refractivity contribution is 7.90. The van der Waals surface area contributed by atoms with E-state index in [9.17, 15) is 13.5 Å². The number of para-hydroxylation sites is 1. The number of fused-ring (bicyclic) bond motifs is 3. The molecule has 0 aliphatic heterocycles. The summed E-state index contributed by atoms with van der Waals surface area (Å²) in [5.41, 5.74) is 1.94. The molecule has 7 heteroatoms. The summed E-state index contributed by atoms with van der Waals surface area (Å²) in [4.78, 5) is 4.33. The number of aromatic nitrogens is 3. The topological polar surface area (TPSA) is 77.1 Å². The molecule has 0 aliphatic carbocycles. The third-order valence-electron chi connectivity index (χ3n) is 6.07. The molecule has 0 aliphatic rings. The van der Waals surface area contributed by atoms with Gasteiger partial charge in [0.25, 0.3) is 10.0 Å². The van der Waals surface area contributed by atoms with E-state index in [4.69, 9.17) is 0 Å². The second-order valence-corrected chi connectivity index (χ2v) is 10.1. The molecule has 0 saturated carbocycles. The fourth-order valence-electron chi connectivity index (χ4n) is 4.29. The monoisotopic (exact) mass is 445 g/mol. The Morgan fingerprint density at radius 2 is 1.62 bits per heavy atom. The largest absolute Gasteiger partial charge is 0.379 e. The summed E-state index contributed by atoms with van der Waals surface area (Å²) in [6, 6.07) is 19.7. The first-order valence-electron chi connectivity index (χ1n) is 10.3. The predicted octanol–water partition coefficient (Wildman–Crippen LogP) is 4.33. The molecule has 6 nitrogen and oxygen atoms in total. The third-order valence-corrected chi connectivity index (χ3v) is 7.81. The van der Waals surface area contributed by atoms with Crippen molar-refractivity contribution in [2.45, 2.75) is 24.3 Å². The van der Waals surface area contributed by atoms with Crippen LogP contribution in [0.3, 0.4) is 0 Å². The summed E-state index contributed by atoms with van der Waals surface area (Å²) >= 11 is 0. The summed E-state index contributed by atoms with van der Waals surface area (Å²) in [5.74, 6) is 0. The molecule has 0 fully saturated rings. The van der Waals surface area contributed by atoms with Crippen molar-refractivity contribution in [1.82, 2.24) is 13.5 Å². The van der Waals surface area contributed by atoms with Crippen LogP contribution in [0.5, 0.6) is 0 Å². The number of aryl methyl sites for hydroxylation is 2. The van der Waals surface area contributed by atoms with Gasteiger partial charge < -0.3 is 9.67 Å². The van der Waals surface area contributed by atoms with Crippen molar-refractivity contribution in [2.75, 3.05) is 0 Å². The van der Waals surface area contributed by atoms with Crippen LogP contribution in [0.25, 0.3) is 21.8 Å². The van der Waals surface area contributed by atoms with Crippen molar-refractivity contribution in [2.24, 2.45) is 7.05 Å². The molecule has 1 N–H and O–H groups in total. The highest BCUT2D eigenvalue weighted by Gasteiger charge is 2.31. The minimum absolute atomic E-state index is 0.217. The third kappa shape index (κ3) is 2.97. The number of hydrogen-bond donors (Lipinski definition) is 1. The lowest BCUT2D eigenvalue weighted by Crippen LogP contribution is -2.25.